The van der Waals surface area contributed by atoms with E-state index < -0.39 is 0 Å². The monoisotopic (exact) mass is 192 g/mol. The van der Waals surface area contributed by atoms with E-state index in [9.17, 15) is 4.79 Å². The summed E-state index contributed by atoms with van der Waals surface area (Å²) < 4.78 is 10.2. The predicted molar refractivity (Wildman–Crippen MR) is 48.7 cm³/mol. The maximum absolute atomic E-state index is 11.8. The second kappa shape index (κ2) is 2.95. The lowest BCUT2D eigenvalue weighted by Crippen LogP contribution is -2.11. The van der Waals surface area contributed by atoms with Crippen LogP contribution in [0.15, 0.2) is 23.0 Å². The van der Waals surface area contributed by atoms with E-state index in [0.29, 0.717) is 24.0 Å². The van der Waals surface area contributed by atoms with Crippen molar-refractivity contribution < 1.29 is 13.9 Å². The highest BCUT2D eigenvalue weighted by Crippen LogP contribution is 2.51. The third-order valence-corrected chi connectivity index (χ3v) is 3.28. The number of hydrogen-bond donors (Lipinski definition) is 0. The number of furan rings is 1. The van der Waals surface area contributed by atoms with Crippen LogP contribution in [0.25, 0.3) is 0 Å². The van der Waals surface area contributed by atoms with Gasteiger partial charge >= 0.3 is 0 Å². The minimum atomic E-state index is 0.277. The zero-order valence-corrected chi connectivity index (χ0v) is 7.81. The maximum Gasteiger partial charge on any atom is 0.141 e. The Morgan fingerprint density at radius 2 is 2.21 bits per heavy atom. The molecule has 2 aliphatic rings. The Kier molecular flexibility index (Phi) is 1.74. The van der Waals surface area contributed by atoms with E-state index in [4.69, 9.17) is 9.15 Å². The summed E-state index contributed by atoms with van der Waals surface area (Å²) in [5, 5.41) is 0. The van der Waals surface area contributed by atoms with Crippen molar-refractivity contribution in [2.24, 2.45) is 17.8 Å². The molecule has 2 atom stereocenters. The molecule has 0 spiro atoms. The van der Waals surface area contributed by atoms with E-state index in [1.807, 2.05) is 6.07 Å². The molecular formula is C11H12O3. The highest BCUT2D eigenvalue weighted by molar-refractivity contribution is 5.86. The number of ketones is 1. The SMILES string of the molecule is O=C(Cc1ccoc1)C1C2COCC21. The molecule has 3 nitrogen and oxygen atoms in total. The van der Waals surface area contributed by atoms with Crippen LogP contribution >= 0.6 is 0 Å². The Balaban J connectivity index is 1.62. The van der Waals surface area contributed by atoms with E-state index in [1.165, 1.54) is 0 Å². The quantitative estimate of drug-likeness (QED) is 0.724. The van der Waals surface area contributed by atoms with E-state index in [1.54, 1.807) is 12.5 Å². The molecule has 0 amide bonds. The minimum absolute atomic E-state index is 0.277. The van der Waals surface area contributed by atoms with Crippen LogP contribution in [0.5, 0.6) is 0 Å². The van der Waals surface area contributed by atoms with Gasteiger partial charge in [-0.25, -0.2) is 0 Å². The van der Waals surface area contributed by atoms with Gasteiger partial charge in [-0.1, -0.05) is 0 Å². The smallest absolute Gasteiger partial charge is 0.141 e. The van der Waals surface area contributed by atoms with Crippen LogP contribution in [-0.4, -0.2) is 19.0 Å². The Labute approximate surface area is 82.0 Å². The van der Waals surface area contributed by atoms with Gasteiger partial charge in [0, 0.05) is 12.3 Å². The minimum Gasteiger partial charge on any atom is -0.472 e. The fourth-order valence-electron chi connectivity index (χ4n) is 2.43. The molecule has 74 valence electrons. The second-order valence-corrected chi connectivity index (χ2v) is 4.17. The average molecular weight is 192 g/mol. The van der Waals surface area contributed by atoms with Crippen molar-refractivity contribution in [3.8, 4) is 0 Å². The number of hydrogen-bond acceptors (Lipinski definition) is 3. The van der Waals surface area contributed by atoms with Crippen molar-refractivity contribution in [3.63, 3.8) is 0 Å². The summed E-state index contributed by atoms with van der Waals surface area (Å²) in [4.78, 5) is 11.8. The molecule has 0 aromatic carbocycles. The number of rotatable bonds is 3. The molecule has 1 aliphatic carbocycles. The van der Waals surface area contributed by atoms with Gasteiger partial charge in [-0.3, -0.25) is 4.79 Å². The van der Waals surface area contributed by atoms with E-state index in [0.717, 1.165) is 18.8 Å². The topological polar surface area (TPSA) is 39.4 Å². The molecule has 1 saturated heterocycles. The van der Waals surface area contributed by atoms with Gasteiger partial charge in [-0.2, -0.15) is 0 Å². The van der Waals surface area contributed by atoms with Crippen molar-refractivity contribution in [1.29, 1.82) is 0 Å². The van der Waals surface area contributed by atoms with Crippen molar-refractivity contribution in [2.75, 3.05) is 13.2 Å². The number of carbonyl (C=O) groups is 1. The van der Waals surface area contributed by atoms with Crippen molar-refractivity contribution in [2.45, 2.75) is 6.42 Å². The molecule has 0 N–H and O–H groups in total. The van der Waals surface area contributed by atoms with E-state index in [2.05, 4.69) is 0 Å². The van der Waals surface area contributed by atoms with Crippen LogP contribution in [-0.2, 0) is 16.0 Å². The molecule has 1 saturated carbocycles. The normalized spacial score (nSPS) is 34.1. The van der Waals surface area contributed by atoms with Crippen LogP contribution in [0.2, 0.25) is 0 Å². The number of ether oxygens (including phenoxy) is 1. The van der Waals surface area contributed by atoms with Crippen LogP contribution in [0.1, 0.15) is 5.56 Å². The third kappa shape index (κ3) is 1.20. The summed E-state index contributed by atoms with van der Waals surface area (Å²) in [6.07, 6.45) is 3.78. The molecule has 3 heteroatoms. The van der Waals surface area contributed by atoms with Crippen molar-refractivity contribution in [1.82, 2.24) is 0 Å². The Morgan fingerprint density at radius 1 is 1.43 bits per heavy atom. The lowest BCUT2D eigenvalue weighted by molar-refractivity contribution is -0.120. The summed E-state index contributed by atoms with van der Waals surface area (Å²) >= 11 is 0. The van der Waals surface area contributed by atoms with Gasteiger partial charge in [0.25, 0.3) is 0 Å². The lowest BCUT2D eigenvalue weighted by atomic mass is 10.1. The van der Waals surface area contributed by atoms with Gasteiger partial charge in [0.15, 0.2) is 0 Å². The van der Waals surface area contributed by atoms with Gasteiger partial charge in [-0.05, 0) is 23.5 Å². The van der Waals surface area contributed by atoms with Gasteiger partial charge in [0.05, 0.1) is 25.7 Å². The maximum atomic E-state index is 11.8. The summed E-state index contributed by atoms with van der Waals surface area (Å²) in [5.74, 6) is 1.67. The van der Waals surface area contributed by atoms with Crippen LogP contribution in [0.3, 0.4) is 0 Å². The largest absolute Gasteiger partial charge is 0.472 e. The first-order valence-corrected chi connectivity index (χ1v) is 4.98. The highest BCUT2D eigenvalue weighted by Gasteiger charge is 2.57. The van der Waals surface area contributed by atoms with E-state index in [-0.39, 0.29) is 5.92 Å². The summed E-state index contributed by atoms with van der Waals surface area (Å²) in [5.41, 5.74) is 0.987. The Hall–Kier alpha value is -1.09. The first-order chi connectivity index (χ1) is 6.86. The fourth-order valence-corrected chi connectivity index (χ4v) is 2.43. The highest BCUT2D eigenvalue weighted by atomic mass is 16.5. The van der Waals surface area contributed by atoms with Crippen molar-refractivity contribution >= 4 is 5.78 Å². The molecular weight excluding hydrogens is 180 g/mol. The molecule has 0 radical (unpaired) electrons. The van der Waals surface area contributed by atoms with Crippen LogP contribution in [0.4, 0.5) is 0 Å². The molecule has 2 heterocycles. The Morgan fingerprint density at radius 3 is 2.86 bits per heavy atom. The van der Waals surface area contributed by atoms with Gasteiger partial charge in [-0.15, -0.1) is 0 Å². The van der Waals surface area contributed by atoms with Crippen molar-refractivity contribution in [3.05, 3.63) is 24.2 Å². The number of Topliss-reactive ketones (excluding diaryl/α,β-unsaturated/α-hetero) is 1. The Bertz CT molecular complexity index is 331. The van der Waals surface area contributed by atoms with E-state index >= 15 is 0 Å². The fraction of sp³-hybridized carbons (Fsp3) is 0.545. The zero-order valence-electron chi connectivity index (χ0n) is 7.81. The standard InChI is InChI=1S/C11H12O3/c12-10(3-7-1-2-13-4-7)11-8-5-14-6-9(8)11/h1-2,4,8-9,11H,3,5-6H2. The molecule has 1 aromatic rings. The average Bonchev–Trinajstić information content (AvgIpc) is 2.63. The molecule has 2 fully saturated rings. The molecule has 0 bridgehead atoms. The van der Waals surface area contributed by atoms with Gasteiger partial charge < -0.3 is 9.15 Å². The zero-order chi connectivity index (χ0) is 9.54. The summed E-state index contributed by atoms with van der Waals surface area (Å²) in [6.45, 7) is 1.57. The van der Waals surface area contributed by atoms with Gasteiger partial charge in [0.2, 0.25) is 0 Å². The number of carbonyl (C=O) groups excluding carboxylic acids is 1. The molecule has 1 aromatic heterocycles. The third-order valence-electron chi connectivity index (χ3n) is 3.28. The lowest BCUT2D eigenvalue weighted by Gasteiger charge is -2.01. The molecule has 2 unspecified atom stereocenters. The first kappa shape index (κ1) is 8.24. The van der Waals surface area contributed by atoms with Crippen LogP contribution < -0.4 is 0 Å². The summed E-state index contributed by atoms with van der Waals surface area (Å²) in [7, 11) is 0. The molecule has 1 aliphatic heterocycles. The number of fused-ring (bicyclic) bond motifs is 1. The van der Waals surface area contributed by atoms with Gasteiger partial charge in [0.1, 0.15) is 5.78 Å². The first-order valence-electron chi connectivity index (χ1n) is 4.98. The predicted octanol–water partition coefficient (Wildman–Crippen LogP) is 1.28. The molecule has 14 heavy (non-hydrogen) atoms. The summed E-state index contributed by atoms with van der Waals surface area (Å²) in [6, 6.07) is 1.85. The molecule has 3 rings (SSSR count). The van der Waals surface area contributed by atoms with Crippen LogP contribution in [0, 0.1) is 17.8 Å². The second-order valence-electron chi connectivity index (χ2n) is 4.17.